The lowest BCUT2D eigenvalue weighted by Crippen LogP contribution is -1.98. The van der Waals surface area contributed by atoms with Gasteiger partial charge in [-0.2, -0.15) is 0 Å². The Morgan fingerprint density at radius 3 is 0.938 bits per heavy atom. The number of pyridine rings is 3. The second-order valence-corrected chi connectivity index (χ2v) is 11.7. The highest BCUT2D eigenvalue weighted by Gasteiger charge is 2.19. The maximum absolute atomic E-state index is 5.33. The van der Waals surface area contributed by atoms with Crippen LogP contribution in [0.1, 0.15) is 22.8 Å². The first-order chi connectivity index (χ1) is 23.8. The third kappa shape index (κ3) is 4.82. The van der Waals surface area contributed by atoms with Gasteiger partial charge in [-0.05, 0) is 70.8 Å². The molecule has 8 bridgehead atoms. The molecular weight excluding hydrogens is 591 g/mol. The predicted molar refractivity (Wildman–Crippen MR) is 190 cm³/mol. The first kappa shape index (κ1) is 27.6. The van der Waals surface area contributed by atoms with Crippen molar-refractivity contribution in [1.29, 1.82) is 0 Å². The SMILES string of the molecule is C1=Cc2nc1c(-c1ccccc1)c1ccc([nH]1)c(-c1cc[nH+]cc1)c1nc(c(-c3cc[nH+]cc3)c3ccc([nH]3)c2-c2cc[nH+]cc2)C=C1. The molecule has 5 N–H and O–H groups in total. The van der Waals surface area contributed by atoms with Gasteiger partial charge in [-0.3, -0.25) is 0 Å². The Morgan fingerprint density at radius 1 is 0.333 bits per heavy atom. The molecule has 48 heavy (non-hydrogen) atoms. The van der Waals surface area contributed by atoms with Gasteiger partial charge in [-0.25, -0.2) is 24.9 Å². The Kier molecular flexibility index (Phi) is 6.64. The van der Waals surface area contributed by atoms with E-state index in [1.165, 1.54) is 0 Å². The minimum atomic E-state index is 0.879. The van der Waals surface area contributed by atoms with Gasteiger partial charge in [-0.1, -0.05) is 30.3 Å². The first-order valence-corrected chi connectivity index (χ1v) is 15.9. The zero-order chi connectivity index (χ0) is 31.9. The van der Waals surface area contributed by atoms with Crippen molar-refractivity contribution < 1.29 is 15.0 Å². The Morgan fingerprint density at radius 2 is 0.625 bits per heavy atom. The summed E-state index contributed by atoms with van der Waals surface area (Å²) < 4.78 is 0. The zero-order valence-electron chi connectivity index (χ0n) is 25.8. The normalized spacial score (nSPS) is 12.0. The number of nitrogens with zero attached hydrogens (tertiary/aromatic N) is 2. The fourth-order valence-electron chi connectivity index (χ4n) is 6.69. The number of fused-ring (bicyclic) bond motifs is 8. The fourth-order valence-corrected chi connectivity index (χ4v) is 6.69. The highest BCUT2D eigenvalue weighted by atomic mass is 14.8. The molecule has 0 saturated carbocycles. The topological polar surface area (TPSA) is 99.8 Å². The number of rotatable bonds is 4. The van der Waals surface area contributed by atoms with Gasteiger partial charge in [0.15, 0.2) is 37.2 Å². The summed E-state index contributed by atoms with van der Waals surface area (Å²) in [6, 6.07) is 31.5. The Balaban J connectivity index is 1.49. The van der Waals surface area contributed by atoms with Crippen LogP contribution in [0.4, 0.5) is 0 Å². The first-order valence-electron chi connectivity index (χ1n) is 15.9. The molecule has 2 aliphatic rings. The van der Waals surface area contributed by atoms with Crippen LogP contribution in [0.5, 0.6) is 0 Å². The van der Waals surface area contributed by atoms with Crippen LogP contribution < -0.4 is 15.0 Å². The van der Waals surface area contributed by atoms with Crippen molar-refractivity contribution in [3.8, 4) is 44.5 Å². The van der Waals surface area contributed by atoms with Crippen molar-refractivity contribution in [3.63, 3.8) is 0 Å². The standard InChI is InChI=1S/C41H27N7/c1-2-4-26(5-3-1)38-30-6-8-32(45-30)39(27-14-20-42-21-15-27)34-10-12-36(47-34)41(29-18-24-44-25-19-29)37-13-11-35(48-37)40(28-16-22-43-23-17-28)33-9-7-31(38)46-33/h1-25,45,48H/p+3. The molecule has 2 aliphatic heterocycles. The molecule has 7 aromatic rings. The molecule has 9 rings (SSSR count). The summed E-state index contributed by atoms with van der Waals surface area (Å²) in [6.07, 6.45) is 20.2. The van der Waals surface area contributed by atoms with E-state index in [2.05, 4.69) is 134 Å². The summed E-state index contributed by atoms with van der Waals surface area (Å²) in [5, 5.41) is 0. The largest absolute Gasteiger partial charge is 0.354 e. The molecule has 0 amide bonds. The molecule has 0 radical (unpaired) electrons. The van der Waals surface area contributed by atoms with E-state index in [0.717, 1.165) is 89.4 Å². The molecule has 0 aliphatic carbocycles. The highest BCUT2D eigenvalue weighted by molar-refractivity contribution is 5.99. The second-order valence-electron chi connectivity index (χ2n) is 11.7. The fraction of sp³-hybridized carbons (Fsp3) is 0. The van der Waals surface area contributed by atoms with Crippen molar-refractivity contribution in [2.45, 2.75) is 0 Å². The molecule has 0 atom stereocenters. The molecule has 0 fully saturated rings. The van der Waals surface area contributed by atoms with Gasteiger partial charge < -0.3 is 9.97 Å². The van der Waals surface area contributed by atoms with Gasteiger partial charge >= 0.3 is 0 Å². The van der Waals surface area contributed by atoms with Crippen LogP contribution >= 0.6 is 0 Å². The minimum Gasteiger partial charge on any atom is -0.354 e. The van der Waals surface area contributed by atoms with E-state index in [1.54, 1.807) is 0 Å². The molecule has 8 heterocycles. The molecule has 1 aromatic carbocycles. The maximum Gasteiger partial charge on any atom is 0.167 e. The molecule has 7 heteroatoms. The van der Waals surface area contributed by atoms with Crippen molar-refractivity contribution in [2.24, 2.45) is 0 Å². The van der Waals surface area contributed by atoms with Crippen molar-refractivity contribution in [2.75, 3.05) is 0 Å². The van der Waals surface area contributed by atoms with Crippen LogP contribution in [0.25, 0.3) is 90.9 Å². The van der Waals surface area contributed by atoms with E-state index < -0.39 is 0 Å². The number of benzene rings is 1. The van der Waals surface area contributed by atoms with Crippen LogP contribution in [-0.2, 0) is 0 Å². The molecule has 0 saturated heterocycles. The van der Waals surface area contributed by atoms with Crippen LogP contribution in [-0.4, -0.2) is 19.9 Å². The van der Waals surface area contributed by atoms with E-state index in [1.807, 2.05) is 43.2 Å². The number of hydrogen-bond donors (Lipinski definition) is 2. The summed E-state index contributed by atoms with van der Waals surface area (Å²) in [6.45, 7) is 0. The zero-order valence-corrected chi connectivity index (χ0v) is 25.8. The monoisotopic (exact) mass is 620 g/mol. The summed E-state index contributed by atoms with van der Waals surface area (Å²) in [5.74, 6) is 0. The van der Waals surface area contributed by atoms with Crippen molar-refractivity contribution in [3.05, 3.63) is 151 Å². The van der Waals surface area contributed by atoms with Gasteiger partial charge in [0, 0.05) is 80.7 Å². The predicted octanol–water partition coefficient (Wildman–Crippen LogP) is 7.77. The van der Waals surface area contributed by atoms with E-state index in [0.29, 0.717) is 0 Å². The van der Waals surface area contributed by atoms with Gasteiger partial charge in [0.2, 0.25) is 0 Å². The van der Waals surface area contributed by atoms with Gasteiger partial charge in [0.1, 0.15) is 0 Å². The summed E-state index contributed by atoms with van der Waals surface area (Å²) >= 11 is 0. The molecule has 226 valence electrons. The smallest absolute Gasteiger partial charge is 0.167 e. The minimum absolute atomic E-state index is 0.879. The number of hydrogen-bond acceptors (Lipinski definition) is 2. The number of H-pyrrole nitrogens is 5. The number of aromatic amines is 5. The van der Waals surface area contributed by atoms with Gasteiger partial charge in [0.05, 0.1) is 22.8 Å². The van der Waals surface area contributed by atoms with Gasteiger partial charge in [-0.15, -0.1) is 0 Å². The number of aromatic nitrogens is 7. The second kappa shape index (κ2) is 11.6. The molecule has 0 unspecified atom stereocenters. The van der Waals surface area contributed by atoms with Crippen molar-refractivity contribution >= 4 is 46.4 Å². The lowest BCUT2D eigenvalue weighted by Gasteiger charge is -2.06. The molecule has 0 spiro atoms. The third-order valence-electron chi connectivity index (χ3n) is 8.84. The van der Waals surface area contributed by atoms with Crippen LogP contribution in [0.3, 0.4) is 0 Å². The third-order valence-corrected chi connectivity index (χ3v) is 8.84. The average molecular weight is 621 g/mol. The lowest BCUT2D eigenvalue weighted by molar-refractivity contribution is -0.378. The lowest BCUT2D eigenvalue weighted by atomic mass is 10.0. The van der Waals surface area contributed by atoms with Crippen LogP contribution in [0.2, 0.25) is 0 Å². The van der Waals surface area contributed by atoms with E-state index in [4.69, 9.17) is 9.97 Å². The summed E-state index contributed by atoms with van der Waals surface area (Å²) in [7, 11) is 0. The molecule has 6 aromatic heterocycles. The number of nitrogens with one attached hydrogen (secondary N) is 5. The van der Waals surface area contributed by atoms with Crippen LogP contribution in [0.15, 0.2) is 128 Å². The van der Waals surface area contributed by atoms with Gasteiger partial charge in [0.25, 0.3) is 0 Å². The Hall–Kier alpha value is -6.73. The molecule has 7 nitrogen and oxygen atoms in total. The van der Waals surface area contributed by atoms with E-state index in [9.17, 15) is 0 Å². The van der Waals surface area contributed by atoms with Crippen LogP contribution in [0, 0.1) is 0 Å². The average Bonchev–Trinajstić information content (AvgIpc) is 3.98. The maximum atomic E-state index is 5.33. The summed E-state index contributed by atoms with van der Waals surface area (Å²) in [5.41, 5.74) is 15.7. The molecular formula is C41H30N7+3. The Bertz CT molecular complexity index is 2180. The highest BCUT2D eigenvalue weighted by Crippen LogP contribution is 2.37. The van der Waals surface area contributed by atoms with E-state index >= 15 is 0 Å². The van der Waals surface area contributed by atoms with E-state index in [-0.39, 0.29) is 0 Å². The quantitative estimate of drug-likeness (QED) is 0.210. The Labute approximate surface area is 276 Å². The summed E-state index contributed by atoms with van der Waals surface area (Å²) in [4.78, 5) is 27.7. The van der Waals surface area contributed by atoms with Crippen molar-refractivity contribution in [1.82, 2.24) is 19.9 Å².